The Balaban J connectivity index is 7.32. The van der Waals surface area contributed by atoms with Gasteiger partial charge in [-0.2, -0.15) is 79.1 Å². The standard InChI is InChI=1S/C12H6F22N/c1-35(2,11(31,32)4(14,15)3(13,8(22,23)24)9(25,26)27)12(33,34)7(20,21)5(16,17)6(18,19)10(28,29)30/h1-2H3/q+1. The predicted molar refractivity (Wildman–Crippen MR) is 63.8 cm³/mol. The lowest BCUT2D eigenvalue weighted by molar-refractivity contribution is -1.07. The van der Waals surface area contributed by atoms with Gasteiger partial charge in [-0.15, -0.1) is 17.6 Å². The fourth-order valence-electron chi connectivity index (χ4n) is 2.17. The molecule has 0 fully saturated rings. The minimum atomic E-state index is -8.68. The summed E-state index contributed by atoms with van der Waals surface area (Å²) in [5, 5.41) is 0. The molecule has 0 aromatic heterocycles. The molecule has 0 N–H and O–H groups in total. The van der Waals surface area contributed by atoms with E-state index in [1.807, 2.05) is 0 Å². The highest BCUT2D eigenvalue weighted by Gasteiger charge is 2.98. The van der Waals surface area contributed by atoms with Crippen LogP contribution < -0.4 is 0 Å². The van der Waals surface area contributed by atoms with Gasteiger partial charge in [0.05, 0.1) is 14.1 Å². The van der Waals surface area contributed by atoms with Crippen molar-refractivity contribution in [2.24, 2.45) is 0 Å². The maximum atomic E-state index is 14.0. The van der Waals surface area contributed by atoms with E-state index in [0.717, 1.165) is 0 Å². The average molecular weight is 582 g/mol. The molecule has 0 aliphatic rings. The lowest BCUT2D eigenvalue weighted by Gasteiger charge is -2.49. The maximum Gasteiger partial charge on any atom is 0.466 e. The molecule has 0 aromatic carbocycles. The molecular weight excluding hydrogens is 576 g/mol. The summed E-state index contributed by atoms with van der Waals surface area (Å²) in [7, 11) is -3.40. The second kappa shape index (κ2) is 7.71. The van der Waals surface area contributed by atoms with Gasteiger partial charge in [-0.3, -0.25) is 0 Å². The second-order valence-electron chi connectivity index (χ2n) is 6.99. The van der Waals surface area contributed by atoms with Crippen molar-refractivity contribution in [3.05, 3.63) is 0 Å². The van der Waals surface area contributed by atoms with Gasteiger partial charge in [0.15, 0.2) is 0 Å². The molecule has 0 spiro atoms. The highest BCUT2D eigenvalue weighted by molar-refractivity contribution is 5.10. The molecule has 0 amide bonds. The number of nitrogens with zero attached hydrogens (tertiary/aromatic N) is 1. The molecule has 0 atom stereocenters. The first kappa shape index (κ1) is 33.4. The van der Waals surface area contributed by atoms with E-state index in [2.05, 4.69) is 0 Å². The maximum absolute atomic E-state index is 14.0. The van der Waals surface area contributed by atoms with Crippen molar-refractivity contribution < 1.29 is 101 Å². The first-order valence-corrected chi connectivity index (χ1v) is 7.50. The Morgan fingerprint density at radius 3 is 0.800 bits per heavy atom. The molecule has 35 heavy (non-hydrogen) atoms. The van der Waals surface area contributed by atoms with Crippen LogP contribution in [-0.4, -0.2) is 78.6 Å². The summed E-state index contributed by atoms with van der Waals surface area (Å²) in [5.41, 5.74) is -8.59. The Kier molecular flexibility index (Phi) is 7.36. The van der Waals surface area contributed by atoms with E-state index in [9.17, 15) is 96.6 Å². The van der Waals surface area contributed by atoms with E-state index in [0.29, 0.717) is 0 Å². The Hall–Kier alpha value is -1.58. The van der Waals surface area contributed by atoms with Crippen molar-refractivity contribution in [3.63, 3.8) is 0 Å². The number of hydrogen-bond donors (Lipinski definition) is 0. The Labute approximate surface area is 176 Å². The quantitative estimate of drug-likeness (QED) is 0.170. The van der Waals surface area contributed by atoms with Gasteiger partial charge < -0.3 is 0 Å². The molecule has 0 heterocycles. The molecule has 1 nitrogen and oxygen atoms in total. The summed E-state index contributed by atoms with van der Waals surface area (Å²) in [6, 6.07) is -16.4. The van der Waals surface area contributed by atoms with Crippen LogP contribution in [0, 0.1) is 0 Å². The largest absolute Gasteiger partial charge is 0.466 e. The van der Waals surface area contributed by atoms with Crippen molar-refractivity contribution in [2.45, 2.75) is 60.0 Å². The SMILES string of the molecule is C[N+](C)(C(F)(F)C(F)(F)C(F)(F)C(F)(F)C(F)(F)F)C(F)(F)C(F)(F)C(F)(C(F)(F)F)C(F)(F)F. The Morgan fingerprint density at radius 1 is 0.314 bits per heavy atom. The topological polar surface area (TPSA) is 0 Å². The molecule has 0 rings (SSSR count). The molecule has 0 bridgehead atoms. The summed E-state index contributed by atoms with van der Waals surface area (Å²) in [6.07, 6.45) is -24.3. The minimum absolute atomic E-state index is 1.70. The molecule has 0 saturated carbocycles. The summed E-state index contributed by atoms with van der Waals surface area (Å²) in [4.78, 5) is 0. The van der Waals surface area contributed by atoms with E-state index in [4.69, 9.17) is 0 Å². The summed E-state index contributed by atoms with van der Waals surface area (Å²) >= 11 is 0. The molecular formula is C12H6F22N+. The third kappa shape index (κ3) is 3.84. The van der Waals surface area contributed by atoms with Crippen molar-refractivity contribution in [3.8, 4) is 0 Å². The average Bonchev–Trinajstić information content (AvgIpc) is 2.56. The van der Waals surface area contributed by atoms with E-state index in [1.165, 1.54) is 0 Å². The normalized spacial score (nSPS) is 17.1. The predicted octanol–water partition coefficient (Wildman–Crippen LogP) is 7.18. The van der Waals surface area contributed by atoms with Gasteiger partial charge in [0.1, 0.15) is 0 Å². The van der Waals surface area contributed by atoms with E-state index in [1.54, 1.807) is 0 Å². The van der Waals surface area contributed by atoms with Crippen LogP contribution in [0.2, 0.25) is 0 Å². The van der Waals surface area contributed by atoms with Crippen LogP contribution >= 0.6 is 0 Å². The number of rotatable bonds is 7. The fraction of sp³-hybridized carbons (Fsp3) is 1.00. The molecule has 0 aliphatic heterocycles. The van der Waals surface area contributed by atoms with Gasteiger partial charge in [-0.1, -0.05) is 0 Å². The van der Waals surface area contributed by atoms with Gasteiger partial charge in [-0.05, 0) is 0 Å². The fourth-order valence-corrected chi connectivity index (χ4v) is 2.17. The molecule has 0 saturated heterocycles. The van der Waals surface area contributed by atoms with Crippen LogP contribution in [-0.2, 0) is 0 Å². The van der Waals surface area contributed by atoms with Gasteiger partial charge in [0.2, 0.25) is 0 Å². The van der Waals surface area contributed by atoms with E-state index >= 15 is 0 Å². The Morgan fingerprint density at radius 2 is 0.571 bits per heavy atom. The van der Waals surface area contributed by atoms with Gasteiger partial charge in [0.25, 0.3) is 0 Å². The monoisotopic (exact) mass is 582 g/mol. The Bertz CT molecular complexity index is 764. The lowest BCUT2D eigenvalue weighted by Crippen LogP contribution is -2.83. The third-order valence-electron chi connectivity index (χ3n) is 4.52. The number of hydrogen-bond acceptors (Lipinski definition) is 0. The van der Waals surface area contributed by atoms with Crippen LogP contribution in [0.15, 0.2) is 0 Å². The van der Waals surface area contributed by atoms with E-state index in [-0.39, 0.29) is 0 Å². The van der Waals surface area contributed by atoms with E-state index < -0.39 is 78.6 Å². The van der Waals surface area contributed by atoms with Crippen LogP contribution in [0.1, 0.15) is 0 Å². The molecule has 0 unspecified atom stereocenters. The lowest BCUT2D eigenvalue weighted by atomic mass is 9.91. The van der Waals surface area contributed by atoms with Crippen molar-refractivity contribution in [1.29, 1.82) is 0 Å². The zero-order chi connectivity index (χ0) is 29.5. The highest BCUT2D eigenvalue weighted by Crippen LogP contribution is 2.65. The van der Waals surface area contributed by atoms with Crippen LogP contribution in [0.3, 0.4) is 0 Å². The summed E-state index contributed by atoms with van der Waals surface area (Å²) < 4.78 is 281. The van der Waals surface area contributed by atoms with Crippen molar-refractivity contribution >= 4 is 0 Å². The highest BCUT2D eigenvalue weighted by atomic mass is 19.4. The van der Waals surface area contributed by atoms with Crippen LogP contribution in [0.5, 0.6) is 0 Å². The molecule has 23 heteroatoms. The number of halogens is 22. The zero-order valence-electron chi connectivity index (χ0n) is 15.8. The van der Waals surface area contributed by atoms with Crippen molar-refractivity contribution in [2.75, 3.05) is 14.1 Å². The first-order valence-electron chi connectivity index (χ1n) is 7.50. The molecule has 0 radical (unpaired) electrons. The smallest absolute Gasteiger partial charge is 0.216 e. The first-order chi connectivity index (χ1) is 14.5. The summed E-state index contributed by atoms with van der Waals surface area (Å²) in [5.74, 6) is -34.1. The van der Waals surface area contributed by atoms with Gasteiger partial charge in [0, 0.05) is 0 Å². The molecule has 212 valence electrons. The number of quaternary nitrogens is 1. The summed E-state index contributed by atoms with van der Waals surface area (Å²) in [6.45, 7) is 0. The van der Waals surface area contributed by atoms with Crippen molar-refractivity contribution in [1.82, 2.24) is 0 Å². The zero-order valence-corrected chi connectivity index (χ0v) is 15.8. The third-order valence-corrected chi connectivity index (χ3v) is 4.52. The van der Waals surface area contributed by atoms with Gasteiger partial charge in [-0.25, -0.2) is 4.39 Å². The minimum Gasteiger partial charge on any atom is -0.216 e. The number of alkyl halides is 22. The van der Waals surface area contributed by atoms with Crippen LogP contribution in [0.25, 0.3) is 0 Å². The van der Waals surface area contributed by atoms with Gasteiger partial charge >= 0.3 is 60.0 Å². The molecule has 0 aromatic rings. The second-order valence-corrected chi connectivity index (χ2v) is 6.99. The van der Waals surface area contributed by atoms with Crippen LogP contribution in [0.4, 0.5) is 96.6 Å². The molecule has 0 aliphatic carbocycles.